The predicted octanol–water partition coefficient (Wildman–Crippen LogP) is 2.88. The number of esters is 1. The van der Waals surface area contributed by atoms with Crippen LogP contribution in [-0.4, -0.2) is 18.1 Å². The number of carbonyl (C=O) groups is 1. The number of hydrogen-bond acceptors (Lipinski definition) is 3. The molecule has 1 aromatic carbocycles. The number of methoxy groups -OCH3 is 1. The summed E-state index contributed by atoms with van der Waals surface area (Å²) in [6.45, 7) is 6.04. The van der Waals surface area contributed by atoms with E-state index in [2.05, 4.69) is 17.1 Å². The van der Waals surface area contributed by atoms with E-state index in [1.807, 2.05) is 26.8 Å². The highest BCUT2D eigenvalue weighted by atomic mass is 16.5. The molecule has 0 atom stereocenters. The summed E-state index contributed by atoms with van der Waals surface area (Å²) in [6, 6.07) is 6.14. The minimum Gasteiger partial charge on any atom is -0.469 e. The molecule has 0 saturated carbocycles. The van der Waals surface area contributed by atoms with Crippen LogP contribution in [0.15, 0.2) is 18.2 Å². The zero-order chi connectivity index (χ0) is 13.3. The number of nitrogens with zero attached hydrogens (tertiary/aromatic N) is 1. The Balaban J connectivity index is 2.67. The zero-order valence-corrected chi connectivity index (χ0v) is 11.2. The van der Waals surface area contributed by atoms with Crippen molar-refractivity contribution < 1.29 is 9.53 Å². The van der Waals surface area contributed by atoms with Crippen molar-refractivity contribution in [2.24, 2.45) is 0 Å². The van der Waals surface area contributed by atoms with Gasteiger partial charge >= 0.3 is 5.97 Å². The quantitative estimate of drug-likeness (QED) is 0.761. The number of carbonyl (C=O) groups excluding carboxylic acids is 1. The van der Waals surface area contributed by atoms with Gasteiger partial charge in [-0.25, -0.2) is 0 Å². The van der Waals surface area contributed by atoms with E-state index in [0.717, 1.165) is 27.7 Å². The summed E-state index contributed by atoms with van der Waals surface area (Å²) in [4.78, 5) is 16.0. The second kappa shape index (κ2) is 4.77. The van der Waals surface area contributed by atoms with Gasteiger partial charge in [-0.15, -0.1) is 0 Å². The topological polar surface area (TPSA) is 39.2 Å². The van der Waals surface area contributed by atoms with Crippen LogP contribution >= 0.6 is 0 Å². The minimum atomic E-state index is -0.221. The Kier molecular flexibility index (Phi) is 3.32. The van der Waals surface area contributed by atoms with Gasteiger partial charge in [-0.05, 0) is 44.0 Å². The first-order chi connectivity index (χ1) is 8.51. The maximum absolute atomic E-state index is 11.5. The highest BCUT2D eigenvalue weighted by Crippen LogP contribution is 2.23. The van der Waals surface area contributed by atoms with E-state index in [4.69, 9.17) is 4.74 Å². The van der Waals surface area contributed by atoms with Gasteiger partial charge in [0, 0.05) is 11.1 Å². The lowest BCUT2D eigenvalue weighted by atomic mass is 10.00. The number of aryl methyl sites for hydroxylation is 3. The molecular weight excluding hydrogens is 226 g/mol. The van der Waals surface area contributed by atoms with Gasteiger partial charge in [0.1, 0.15) is 0 Å². The van der Waals surface area contributed by atoms with Crippen molar-refractivity contribution in [1.82, 2.24) is 4.98 Å². The molecule has 0 fully saturated rings. The predicted molar refractivity (Wildman–Crippen MR) is 71.7 cm³/mol. The van der Waals surface area contributed by atoms with Gasteiger partial charge in [0.25, 0.3) is 0 Å². The first-order valence-electron chi connectivity index (χ1n) is 5.95. The maximum atomic E-state index is 11.5. The normalized spacial score (nSPS) is 10.7. The highest BCUT2D eigenvalue weighted by Gasteiger charge is 2.10. The van der Waals surface area contributed by atoms with Crippen LogP contribution in [0.4, 0.5) is 0 Å². The van der Waals surface area contributed by atoms with E-state index >= 15 is 0 Å². The summed E-state index contributed by atoms with van der Waals surface area (Å²) < 4.78 is 4.74. The van der Waals surface area contributed by atoms with E-state index < -0.39 is 0 Å². The van der Waals surface area contributed by atoms with Crippen molar-refractivity contribution >= 4 is 16.9 Å². The van der Waals surface area contributed by atoms with Crippen molar-refractivity contribution in [2.75, 3.05) is 7.11 Å². The molecule has 94 valence electrons. The first kappa shape index (κ1) is 12.6. The van der Waals surface area contributed by atoms with Crippen LogP contribution in [0.25, 0.3) is 10.9 Å². The van der Waals surface area contributed by atoms with Crippen molar-refractivity contribution in [3.63, 3.8) is 0 Å². The fraction of sp³-hybridized carbons (Fsp3) is 0.333. The Morgan fingerprint density at radius 3 is 2.61 bits per heavy atom. The molecule has 0 unspecified atom stereocenters. The van der Waals surface area contributed by atoms with Crippen LogP contribution in [-0.2, 0) is 16.0 Å². The Labute approximate surface area is 107 Å². The van der Waals surface area contributed by atoms with E-state index in [1.54, 1.807) is 0 Å². The molecule has 1 aromatic heterocycles. The lowest BCUT2D eigenvalue weighted by molar-refractivity contribution is -0.139. The summed E-state index contributed by atoms with van der Waals surface area (Å²) >= 11 is 0. The molecule has 0 spiro atoms. The molecule has 0 N–H and O–H groups in total. The smallest absolute Gasteiger partial charge is 0.310 e. The largest absolute Gasteiger partial charge is 0.469 e. The molecule has 0 radical (unpaired) electrons. The molecule has 0 aliphatic carbocycles. The van der Waals surface area contributed by atoms with Crippen LogP contribution in [0.1, 0.15) is 22.4 Å². The van der Waals surface area contributed by atoms with E-state index in [-0.39, 0.29) is 5.97 Å². The third kappa shape index (κ3) is 2.35. The molecule has 18 heavy (non-hydrogen) atoms. The summed E-state index contributed by atoms with van der Waals surface area (Å²) in [5.74, 6) is -0.221. The van der Waals surface area contributed by atoms with Crippen molar-refractivity contribution in [3.8, 4) is 0 Å². The average molecular weight is 243 g/mol. The first-order valence-corrected chi connectivity index (χ1v) is 5.95. The summed E-state index contributed by atoms with van der Waals surface area (Å²) in [5.41, 5.74) is 5.19. The fourth-order valence-corrected chi connectivity index (χ4v) is 2.27. The molecule has 0 aliphatic heterocycles. The van der Waals surface area contributed by atoms with E-state index in [9.17, 15) is 4.79 Å². The van der Waals surface area contributed by atoms with E-state index in [1.165, 1.54) is 12.7 Å². The number of hydrogen-bond donors (Lipinski definition) is 0. The van der Waals surface area contributed by atoms with Gasteiger partial charge < -0.3 is 4.74 Å². The number of rotatable bonds is 2. The number of aromatic nitrogens is 1. The number of benzene rings is 1. The molecule has 2 rings (SSSR count). The molecule has 0 amide bonds. The fourth-order valence-electron chi connectivity index (χ4n) is 2.27. The molecule has 0 bridgehead atoms. The van der Waals surface area contributed by atoms with Crippen LogP contribution in [0.3, 0.4) is 0 Å². The van der Waals surface area contributed by atoms with Gasteiger partial charge in [0.2, 0.25) is 0 Å². The Bertz CT molecular complexity index is 617. The lowest BCUT2D eigenvalue weighted by Gasteiger charge is -2.10. The third-order valence-electron chi connectivity index (χ3n) is 3.02. The Morgan fingerprint density at radius 2 is 1.94 bits per heavy atom. The summed E-state index contributed by atoms with van der Waals surface area (Å²) in [6.07, 6.45) is 0.291. The van der Waals surface area contributed by atoms with Crippen LogP contribution in [0.2, 0.25) is 0 Å². The monoisotopic (exact) mass is 243 g/mol. The molecule has 0 aliphatic rings. The second-order valence-electron chi connectivity index (χ2n) is 4.65. The third-order valence-corrected chi connectivity index (χ3v) is 3.02. The molecule has 3 nitrogen and oxygen atoms in total. The van der Waals surface area contributed by atoms with Crippen LogP contribution < -0.4 is 0 Å². The van der Waals surface area contributed by atoms with E-state index in [0.29, 0.717) is 6.42 Å². The summed E-state index contributed by atoms with van der Waals surface area (Å²) in [7, 11) is 1.41. The van der Waals surface area contributed by atoms with Gasteiger partial charge in [-0.2, -0.15) is 0 Å². The standard InChI is InChI=1S/C15H17NO2/c1-9-5-10(2)15-13(6-9)12(7-11(3)16-15)8-14(17)18-4/h5-7H,8H2,1-4H3. The number of fused-ring (bicyclic) bond motifs is 1. The highest BCUT2D eigenvalue weighted by molar-refractivity contribution is 5.89. The van der Waals surface area contributed by atoms with Gasteiger partial charge in [0.15, 0.2) is 0 Å². The minimum absolute atomic E-state index is 0.221. The molecule has 1 heterocycles. The molecule has 0 saturated heterocycles. The Morgan fingerprint density at radius 1 is 1.22 bits per heavy atom. The van der Waals surface area contributed by atoms with Gasteiger partial charge in [-0.3, -0.25) is 9.78 Å². The number of pyridine rings is 1. The zero-order valence-electron chi connectivity index (χ0n) is 11.2. The lowest BCUT2D eigenvalue weighted by Crippen LogP contribution is -2.06. The summed E-state index contributed by atoms with van der Waals surface area (Å²) in [5, 5.41) is 1.04. The Hall–Kier alpha value is -1.90. The second-order valence-corrected chi connectivity index (χ2v) is 4.65. The average Bonchev–Trinajstić information content (AvgIpc) is 2.30. The van der Waals surface area contributed by atoms with Gasteiger partial charge in [0.05, 0.1) is 19.0 Å². The van der Waals surface area contributed by atoms with Crippen LogP contribution in [0, 0.1) is 20.8 Å². The molecule has 2 aromatic rings. The molecular formula is C15H17NO2. The maximum Gasteiger partial charge on any atom is 0.310 e. The van der Waals surface area contributed by atoms with Crippen molar-refractivity contribution in [2.45, 2.75) is 27.2 Å². The van der Waals surface area contributed by atoms with Crippen molar-refractivity contribution in [3.05, 3.63) is 40.6 Å². The number of ether oxygens (including phenoxy) is 1. The SMILES string of the molecule is COC(=O)Cc1cc(C)nc2c(C)cc(C)cc12. The molecule has 3 heteroatoms. The van der Waals surface area contributed by atoms with Gasteiger partial charge in [-0.1, -0.05) is 11.6 Å². The van der Waals surface area contributed by atoms with Crippen LogP contribution in [0.5, 0.6) is 0 Å². The van der Waals surface area contributed by atoms with Crippen molar-refractivity contribution in [1.29, 1.82) is 0 Å².